The van der Waals surface area contributed by atoms with Crippen LogP contribution in [0.5, 0.6) is 0 Å². The minimum Gasteiger partial charge on any atom is -0.339 e. The van der Waals surface area contributed by atoms with E-state index in [4.69, 9.17) is 5.73 Å². The Hall–Kier alpha value is -1.47. The molecule has 1 aliphatic rings. The zero-order chi connectivity index (χ0) is 21.2. The molecule has 29 heavy (non-hydrogen) atoms. The van der Waals surface area contributed by atoms with Gasteiger partial charge in [-0.1, -0.05) is 12.1 Å². The fourth-order valence-electron chi connectivity index (χ4n) is 3.78. The van der Waals surface area contributed by atoms with Crippen molar-refractivity contribution in [2.75, 3.05) is 67.5 Å². The van der Waals surface area contributed by atoms with Crippen LogP contribution in [0.15, 0.2) is 24.3 Å². The van der Waals surface area contributed by atoms with E-state index in [2.05, 4.69) is 55.0 Å². The fraction of sp³-hybridized carbons (Fsp3) is 0.696. The Kier molecular flexibility index (Phi) is 10.1. The van der Waals surface area contributed by atoms with E-state index in [9.17, 15) is 4.79 Å². The second kappa shape index (κ2) is 12.3. The standard InChI is InChI=1S/C23H41N5O/c1-25(2)13-5-15-28(16-6-14-26(3)4)23(29)21-9-7-20(8-10-21)19-27-17-11-22(24)12-18-27/h7-10,22H,5-6,11-19,24H2,1-4H3. The molecule has 0 bridgehead atoms. The Morgan fingerprint density at radius 3 is 1.93 bits per heavy atom. The summed E-state index contributed by atoms with van der Waals surface area (Å²) in [6.45, 7) is 6.67. The quantitative estimate of drug-likeness (QED) is 0.612. The highest BCUT2D eigenvalue weighted by Crippen LogP contribution is 2.14. The van der Waals surface area contributed by atoms with Crippen LogP contribution in [0, 0.1) is 0 Å². The van der Waals surface area contributed by atoms with Gasteiger partial charge in [-0.3, -0.25) is 9.69 Å². The Morgan fingerprint density at radius 1 is 0.931 bits per heavy atom. The van der Waals surface area contributed by atoms with Gasteiger partial charge in [-0.2, -0.15) is 0 Å². The van der Waals surface area contributed by atoms with Crippen LogP contribution >= 0.6 is 0 Å². The number of likely N-dealkylation sites (tertiary alicyclic amines) is 1. The van der Waals surface area contributed by atoms with Gasteiger partial charge < -0.3 is 20.4 Å². The molecular weight excluding hydrogens is 362 g/mol. The van der Waals surface area contributed by atoms with Gasteiger partial charge in [0.25, 0.3) is 5.91 Å². The van der Waals surface area contributed by atoms with Gasteiger partial charge in [0.1, 0.15) is 0 Å². The Bertz CT molecular complexity index is 580. The molecule has 164 valence electrons. The summed E-state index contributed by atoms with van der Waals surface area (Å²) in [6.07, 6.45) is 4.14. The molecular formula is C23H41N5O. The highest BCUT2D eigenvalue weighted by Gasteiger charge is 2.18. The molecule has 0 aliphatic carbocycles. The molecule has 0 atom stereocenters. The van der Waals surface area contributed by atoms with E-state index in [0.717, 1.165) is 77.1 Å². The fourth-order valence-corrected chi connectivity index (χ4v) is 3.78. The van der Waals surface area contributed by atoms with Crippen molar-refractivity contribution in [3.05, 3.63) is 35.4 Å². The van der Waals surface area contributed by atoms with Crippen molar-refractivity contribution in [2.24, 2.45) is 5.73 Å². The zero-order valence-corrected chi connectivity index (χ0v) is 18.9. The maximum Gasteiger partial charge on any atom is 0.253 e. The lowest BCUT2D eigenvalue weighted by Gasteiger charge is -2.30. The molecule has 1 fully saturated rings. The third-order valence-electron chi connectivity index (χ3n) is 5.59. The Morgan fingerprint density at radius 2 is 1.45 bits per heavy atom. The first kappa shape index (κ1) is 23.8. The minimum atomic E-state index is 0.151. The molecule has 2 N–H and O–H groups in total. The molecule has 6 heteroatoms. The molecule has 2 rings (SSSR count). The number of carbonyl (C=O) groups excluding carboxylic acids is 1. The summed E-state index contributed by atoms with van der Waals surface area (Å²) in [4.78, 5) is 21.9. The SMILES string of the molecule is CN(C)CCCN(CCCN(C)C)C(=O)c1ccc(CN2CCC(N)CC2)cc1. The predicted molar refractivity (Wildman–Crippen MR) is 121 cm³/mol. The van der Waals surface area contributed by atoms with Crippen molar-refractivity contribution >= 4 is 5.91 Å². The molecule has 1 heterocycles. The second-order valence-electron chi connectivity index (χ2n) is 8.92. The topological polar surface area (TPSA) is 56.0 Å². The number of hydrogen-bond donors (Lipinski definition) is 1. The van der Waals surface area contributed by atoms with Crippen LogP contribution < -0.4 is 5.73 Å². The zero-order valence-electron chi connectivity index (χ0n) is 18.9. The van der Waals surface area contributed by atoms with Crippen molar-refractivity contribution in [3.63, 3.8) is 0 Å². The predicted octanol–water partition coefficient (Wildman–Crippen LogP) is 1.96. The Balaban J connectivity index is 1.93. The summed E-state index contributed by atoms with van der Waals surface area (Å²) in [6, 6.07) is 8.58. The van der Waals surface area contributed by atoms with E-state index in [0.29, 0.717) is 6.04 Å². The maximum atomic E-state index is 13.1. The second-order valence-corrected chi connectivity index (χ2v) is 8.92. The van der Waals surface area contributed by atoms with E-state index in [1.54, 1.807) is 0 Å². The van der Waals surface area contributed by atoms with Gasteiger partial charge in [0, 0.05) is 31.2 Å². The van der Waals surface area contributed by atoms with Gasteiger partial charge in [0.2, 0.25) is 0 Å². The monoisotopic (exact) mass is 403 g/mol. The van der Waals surface area contributed by atoms with E-state index >= 15 is 0 Å². The summed E-state index contributed by atoms with van der Waals surface area (Å²) >= 11 is 0. The lowest BCUT2D eigenvalue weighted by Crippen LogP contribution is -2.39. The average Bonchev–Trinajstić information content (AvgIpc) is 2.68. The average molecular weight is 404 g/mol. The third kappa shape index (κ3) is 8.83. The molecule has 6 nitrogen and oxygen atoms in total. The van der Waals surface area contributed by atoms with Crippen LogP contribution in [0.2, 0.25) is 0 Å². The van der Waals surface area contributed by atoms with Gasteiger partial charge in [0.15, 0.2) is 0 Å². The summed E-state index contributed by atoms with van der Waals surface area (Å²) < 4.78 is 0. The third-order valence-corrected chi connectivity index (χ3v) is 5.59. The summed E-state index contributed by atoms with van der Waals surface area (Å²) in [5.41, 5.74) is 8.06. The largest absolute Gasteiger partial charge is 0.339 e. The molecule has 0 aromatic heterocycles. The van der Waals surface area contributed by atoms with Gasteiger partial charge >= 0.3 is 0 Å². The highest BCUT2D eigenvalue weighted by molar-refractivity contribution is 5.94. The normalized spacial score (nSPS) is 16.0. The van der Waals surface area contributed by atoms with Gasteiger partial charge in [-0.25, -0.2) is 0 Å². The van der Waals surface area contributed by atoms with Crippen molar-refractivity contribution < 1.29 is 4.79 Å². The van der Waals surface area contributed by atoms with E-state index < -0.39 is 0 Å². The molecule has 1 aromatic rings. The first-order valence-electron chi connectivity index (χ1n) is 11.0. The van der Waals surface area contributed by atoms with Crippen LogP contribution in [0.3, 0.4) is 0 Å². The number of carbonyl (C=O) groups is 1. The molecule has 1 saturated heterocycles. The molecule has 0 saturated carbocycles. The number of nitrogens with two attached hydrogens (primary N) is 1. The van der Waals surface area contributed by atoms with E-state index in [-0.39, 0.29) is 5.91 Å². The number of amides is 1. The van der Waals surface area contributed by atoms with Crippen LogP contribution in [0.4, 0.5) is 0 Å². The van der Waals surface area contributed by atoms with Crippen molar-refractivity contribution in [3.8, 4) is 0 Å². The summed E-state index contributed by atoms with van der Waals surface area (Å²) in [5, 5.41) is 0. The van der Waals surface area contributed by atoms with Gasteiger partial charge in [0.05, 0.1) is 0 Å². The lowest BCUT2D eigenvalue weighted by molar-refractivity contribution is 0.0744. The lowest BCUT2D eigenvalue weighted by atomic mass is 10.0. The summed E-state index contributed by atoms with van der Waals surface area (Å²) in [7, 11) is 8.31. The summed E-state index contributed by atoms with van der Waals surface area (Å²) in [5.74, 6) is 0.151. The number of benzene rings is 1. The number of nitrogens with zero attached hydrogens (tertiary/aromatic N) is 4. The Labute approximate surface area is 177 Å². The van der Waals surface area contributed by atoms with Gasteiger partial charge in [-0.05, 0) is 97.7 Å². The number of hydrogen-bond acceptors (Lipinski definition) is 5. The molecule has 0 spiro atoms. The first-order chi connectivity index (χ1) is 13.8. The van der Waals surface area contributed by atoms with E-state index in [1.165, 1.54) is 5.56 Å². The van der Waals surface area contributed by atoms with Crippen LogP contribution in [-0.4, -0.2) is 99.0 Å². The van der Waals surface area contributed by atoms with Crippen molar-refractivity contribution in [1.82, 2.24) is 19.6 Å². The number of rotatable bonds is 11. The molecule has 0 unspecified atom stereocenters. The van der Waals surface area contributed by atoms with Gasteiger partial charge in [-0.15, -0.1) is 0 Å². The molecule has 1 aliphatic heterocycles. The molecule has 1 amide bonds. The minimum absolute atomic E-state index is 0.151. The van der Waals surface area contributed by atoms with E-state index in [1.807, 2.05) is 17.0 Å². The maximum absolute atomic E-state index is 13.1. The van der Waals surface area contributed by atoms with Crippen molar-refractivity contribution in [2.45, 2.75) is 38.3 Å². The van der Waals surface area contributed by atoms with Crippen molar-refractivity contribution in [1.29, 1.82) is 0 Å². The molecule has 0 radical (unpaired) electrons. The first-order valence-corrected chi connectivity index (χ1v) is 11.0. The van der Waals surface area contributed by atoms with Crippen LogP contribution in [0.25, 0.3) is 0 Å². The molecule has 1 aromatic carbocycles. The highest BCUT2D eigenvalue weighted by atomic mass is 16.2. The smallest absolute Gasteiger partial charge is 0.253 e. The van der Waals surface area contributed by atoms with Crippen LogP contribution in [0.1, 0.15) is 41.6 Å². The number of piperidine rings is 1. The van der Waals surface area contributed by atoms with Crippen LogP contribution in [-0.2, 0) is 6.54 Å².